The number of para-hydroxylation sites is 1. The Morgan fingerprint density at radius 3 is 2.07 bits per heavy atom. The van der Waals surface area contributed by atoms with E-state index in [0.717, 1.165) is 70.3 Å². The van der Waals surface area contributed by atoms with Crippen LogP contribution >= 0.6 is 0 Å². The fourth-order valence-corrected chi connectivity index (χ4v) is 3.18. The molecule has 0 aliphatic heterocycles. The van der Waals surface area contributed by atoms with Crippen molar-refractivity contribution in [2.75, 3.05) is 13.2 Å². The summed E-state index contributed by atoms with van der Waals surface area (Å²) in [6, 6.07) is 12.0. The number of aromatic amines is 1. The Labute approximate surface area is 158 Å². The molecule has 2 heterocycles. The maximum atomic E-state index is 6.01. The molecule has 0 radical (unpaired) electrons. The van der Waals surface area contributed by atoms with Crippen molar-refractivity contribution in [1.82, 2.24) is 15.0 Å². The number of aromatic nitrogens is 3. The summed E-state index contributed by atoms with van der Waals surface area (Å²) in [5, 5.41) is 1.07. The lowest BCUT2D eigenvalue weighted by molar-refractivity contribution is 0.305. The quantitative estimate of drug-likeness (QED) is 0.413. The number of fused-ring (bicyclic) bond motifs is 4. The lowest BCUT2D eigenvalue weighted by Gasteiger charge is -2.12. The number of ether oxygens (including phenoxy) is 2. The van der Waals surface area contributed by atoms with Gasteiger partial charge in [-0.25, -0.2) is 9.97 Å². The Hall–Kier alpha value is -2.82. The largest absolute Gasteiger partial charge is 0.491 e. The van der Waals surface area contributed by atoms with Gasteiger partial charge >= 0.3 is 0 Å². The third-order valence-electron chi connectivity index (χ3n) is 4.69. The van der Waals surface area contributed by atoms with E-state index in [1.165, 1.54) is 0 Å². The first-order valence-corrected chi connectivity index (χ1v) is 9.78. The monoisotopic (exact) mass is 363 g/mol. The fraction of sp³-hybridized carbons (Fsp3) is 0.364. The summed E-state index contributed by atoms with van der Waals surface area (Å²) in [6.45, 7) is 5.66. The smallest absolute Gasteiger partial charge is 0.158 e. The highest BCUT2D eigenvalue weighted by Crippen LogP contribution is 2.34. The van der Waals surface area contributed by atoms with Gasteiger partial charge in [-0.1, -0.05) is 44.9 Å². The SMILES string of the molecule is CCCCOc1ccc(OCCCC)c2nc3c(nc12)[nH]c1ccccc13. The number of benzene rings is 2. The minimum Gasteiger partial charge on any atom is -0.491 e. The molecule has 27 heavy (non-hydrogen) atoms. The summed E-state index contributed by atoms with van der Waals surface area (Å²) in [7, 11) is 0. The molecule has 5 heteroatoms. The van der Waals surface area contributed by atoms with Gasteiger partial charge < -0.3 is 14.5 Å². The van der Waals surface area contributed by atoms with Crippen LogP contribution in [-0.2, 0) is 0 Å². The van der Waals surface area contributed by atoms with Crippen LogP contribution in [0.4, 0.5) is 0 Å². The number of H-pyrrole nitrogens is 1. The zero-order valence-electron chi connectivity index (χ0n) is 15.9. The highest BCUT2D eigenvalue weighted by atomic mass is 16.5. The molecule has 0 unspecified atom stereocenters. The van der Waals surface area contributed by atoms with Crippen LogP contribution in [0.1, 0.15) is 39.5 Å². The van der Waals surface area contributed by atoms with E-state index in [-0.39, 0.29) is 0 Å². The molecule has 1 N–H and O–H groups in total. The molecule has 4 aromatic rings. The van der Waals surface area contributed by atoms with Crippen LogP contribution in [0.2, 0.25) is 0 Å². The maximum absolute atomic E-state index is 6.01. The Morgan fingerprint density at radius 2 is 1.41 bits per heavy atom. The third kappa shape index (κ3) is 3.42. The van der Waals surface area contributed by atoms with Crippen molar-refractivity contribution in [2.45, 2.75) is 39.5 Å². The molecule has 5 nitrogen and oxygen atoms in total. The molecule has 2 aromatic carbocycles. The first kappa shape index (κ1) is 17.6. The lowest BCUT2D eigenvalue weighted by atomic mass is 10.2. The van der Waals surface area contributed by atoms with Crippen LogP contribution < -0.4 is 9.47 Å². The summed E-state index contributed by atoms with van der Waals surface area (Å²) in [6.07, 6.45) is 4.21. The van der Waals surface area contributed by atoms with E-state index in [1.807, 2.05) is 30.3 Å². The number of unbranched alkanes of at least 4 members (excludes halogenated alkanes) is 2. The average molecular weight is 363 g/mol. The van der Waals surface area contributed by atoms with E-state index >= 15 is 0 Å². The van der Waals surface area contributed by atoms with Gasteiger partial charge in [0.15, 0.2) is 5.65 Å². The molecule has 0 aliphatic carbocycles. The number of rotatable bonds is 8. The first-order chi connectivity index (χ1) is 13.3. The van der Waals surface area contributed by atoms with Gasteiger partial charge in [0.25, 0.3) is 0 Å². The molecule has 0 saturated heterocycles. The Bertz CT molecular complexity index is 1070. The van der Waals surface area contributed by atoms with Crippen molar-refractivity contribution in [3.63, 3.8) is 0 Å². The van der Waals surface area contributed by atoms with Crippen LogP contribution in [0.3, 0.4) is 0 Å². The van der Waals surface area contributed by atoms with Crippen molar-refractivity contribution in [3.8, 4) is 11.5 Å². The number of nitrogens with one attached hydrogen (secondary N) is 1. The normalized spacial score (nSPS) is 11.5. The summed E-state index contributed by atoms with van der Waals surface area (Å²) < 4.78 is 12.0. The molecule has 2 aromatic heterocycles. The van der Waals surface area contributed by atoms with E-state index in [0.29, 0.717) is 13.2 Å². The van der Waals surface area contributed by atoms with Crippen LogP contribution in [0.15, 0.2) is 36.4 Å². The van der Waals surface area contributed by atoms with Crippen molar-refractivity contribution in [3.05, 3.63) is 36.4 Å². The van der Waals surface area contributed by atoms with Crippen molar-refractivity contribution in [1.29, 1.82) is 0 Å². The van der Waals surface area contributed by atoms with E-state index in [1.54, 1.807) is 0 Å². The molecule has 4 rings (SSSR count). The summed E-state index contributed by atoms with van der Waals surface area (Å²) in [5.74, 6) is 1.52. The summed E-state index contributed by atoms with van der Waals surface area (Å²) >= 11 is 0. The molecular weight excluding hydrogens is 338 g/mol. The van der Waals surface area contributed by atoms with E-state index in [2.05, 4.69) is 24.9 Å². The van der Waals surface area contributed by atoms with E-state index in [4.69, 9.17) is 19.4 Å². The van der Waals surface area contributed by atoms with Crippen LogP contribution in [0.25, 0.3) is 33.1 Å². The van der Waals surface area contributed by atoms with Crippen LogP contribution in [0.5, 0.6) is 11.5 Å². The van der Waals surface area contributed by atoms with Gasteiger partial charge in [-0.05, 0) is 31.0 Å². The molecule has 0 spiro atoms. The van der Waals surface area contributed by atoms with Gasteiger partial charge in [0, 0.05) is 10.9 Å². The Balaban J connectivity index is 1.87. The number of hydrogen-bond donors (Lipinski definition) is 1. The summed E-state index contributed by atoms with van der Waals surface area (Å²) in [4.78, 5) is 13.2. The van der Waals surface area contributed by atoms with Gasteiger partial charge in [-0.15, -0.1) is 0 Å². The average Bonchev–Trinajstić information content (AvgIpc) is 3.06. The van der Waals surface area contributed by atoms with Gasteiger partial charge in [0.1, 0.15) is 28.0 Å². The molecule has 0 fully saturated rings. The molecule has 140 valence electrons. The minimum absolute atomic E-state index is 0.675. The molecule has 0 atom stereocenters. The Kier molecular flexibility index (Phi) is 5.10. The molecule has 0 bridgehead atoms. The zero-order chi connectivity index (χ0) is 18.6. The molecule has 0 amide bonds. The molecule has 0 aliphatic rings. The lowest BCUT2D eigenvalue weighted by Crippen LogP contribution is -2.02. The highest BCUT2D eigenvalue weighted by Gasteiger charge is 2.15. The number of nitrogens with zero attached hydrogens (tertiary/aromatic N) is 2. The van der Waals surface area contributed by atoms with Gasteiger partial charge in [0.05, 0.1) is 13.2 Å². The molecule has 0 saturated carbocycles. The predicted molar refractivity (Wildman–Crippen MR) is 110 cm³/mol. The van der Waals surface area contributed by atoms with Gasteiger partial charge in [-0.2, -0.15) is 0 Å². The van der Waals surface area contributed by atoms with Crippen LogP contribution in [0, 0.1) is 0 Å². The third-order valence-corrected chi connectivity index (χ3v) is 4.69. The number of hydrogen-bond acceptors (Lipinski definition) is 4. The minimum atomic E-state index is 0.675. The van der Waals surface area contributed by atoms with Crippen molar-refractivity contribution < 1.29 is 9.47 Å². The topological polar surface area (TPSA) is 60.0 Å². The van der Waals surface area contributed by atoms with Crippen LogP contribution in [-0.4, -0.2) is 28.2 Å². The fourth-order valence-electron chi connectivity index (χ4n) is 3.18. The highest BCUT2D eigenvalue weighted by molar-refractivity contribution is 6.06. The zero-order valence-corrected chi connectivity index (χ0v) is 15.9. The Morgan fingerprint density at radius 1 is 0.778 bits per heavy atom. The van der Waals surface area contributed by atoms with E-state index < -0.39 is 0 Å². The predicted octanol–water partition coefficient (Wildman–Crippen LogP) is 5.62. The van der Waals surface area contributed by atoms with Gasteiger partial charge in [0.2, 0.25) is 0 Å². The second-order valence-corrected chi connectivity index (χ2v) is 6.75. The second-order valence-electron chi connectivity index (χ2n) is 6.75. The second kappa shape index (κ2) is 7.82. The summed E-state index contributed by atoms with van der Waals surface area (Å²) in [5.41, 5.74) is 4.18. The van der Waals surface area contributed by atoms with Crippen molar-refractivity contribution in [2.24, 2.45) is 0 Å². The van der Waals surface area contributed by atoms with Crippen molar-refractivity contribution >= 4 is 33.1 Å². The van der Waals surface area contributed by atoms with E-state index in [9.17, 15) is 0 Å². The standard InChI is InChI=1S/C22H25N3O2/c1-3-5-13-26-17-11-12-18(27-14-6-4-2)21-20(17)24-19-15-9-7-8-10-16(15)23-22(19)25-21/h7-12H,3-6,13-14H2,1-2H3,(H,23,25). The van der Waals surface area contributed by atoms with Gasteiger partial charge in [-0.3, -0.25) is 0 Å². The maximum Gasteiger partial charge on any atom is 0.158 e. The molecular formula is C22H25N3O2. The first-order valence-electron chi connectivity index (χ1n) is 9.78.